The topological polar surface area (TPSA) is 69.7 Å². The molecule has 0 radical (unpaired) electrons. The molecule has 0 amide bonds. The maximum Gasteiger partial charge on any atom is 0.348 e. The van der Waals surface area contributed by atoms with Gasteiger partial charge in [0.2, 0.25) is 9.84 Å². The van der Waals surface area contributed by atoms with Crippen molar-refractivity contribution in [2.75, 3.05) is 13.7 Å². The second-order valence-corrected chi connectivity index (χ2v) is 13.9. The fourth-order valence-electron chi connectivity index (χ4n) is 3.50. The van der Waals surface area contributed by atoms with Crippen LogP contribution in [0.3, 0.4) is 0 Å². The van der Waals surface area contributed by atoms with Gasteiger partial charge in [-0.25, -0.2) is 17.6 Å². The van der Waals surface area contributed by atoms with Crippen LogP contribution in [0.15, 0.2) is 153 Å². The van der Waals surface area contributed by atoms with Gasteiger partial charge in [0.05, 0.1) is 46.4 Å². The summed E-state index contributed by atoms with van der Waals surface area (Å²) < 4.78 is 72.8. The molecule has 0 N–H and O–H groups in total. The van der Waals surface area contributed by atoms with E-state index < -0.39 is 51.2 Å². The molecule has 0 aliphatic heterocycles. The summed E-state index contributed by atoms with van der Waals surface area (Å²) in [7, 11) is -2.90. The zero-order chi connectivity index (χ0) is 32.8. The van der Waals surface area contributed by atoms with Gasteiger partial charge in [-0.05, 0) is 67.6 Å². The highest BCUT2D eigenvalue weighted by Crippen LogP contribution is 2.36. The molecule has 3 aromatic rings. The van der Waals surface area contributed by atoms with Gasteiger partial charge in [-0.1, -0.05) is 62.2 Å². The first-order valence-corrected chi connectivity index (χ1v) is 16.5. The molecule has 0 aliphatic carbocycles. The van der Waals surface area contributed by atoms with Gasteiger partial charge in [0.1, 0.15) is 0 Å². The molecule has 0 heterocycles. The first-order chi connectivity index (χ1) is 20.9. The molecule has 0 saturated carbocycles. The van der Waals surface area contributed by atoms with E-state index in [0.29, 0.717) is 4.90 Å². The first-order valence-electron chi connectivity index (χ1n) is 13.1. The van der Waals surface area contributed by atoms with Crippen LogP contribution in [0.25, 0.3) is 0 Å². The van der Waals surface area contributed by atoms with Crippen LogP contribution in [-0.4, -0.2) is 39.5 Å². The highest BCUT2D eigenvalue weighted by atomic mass is 32.2. The van der Waals surface area contributed by atoms with Gasteiger partial charge in [0.15, 0.2) is 20.9 Å². The Hall–Kier alpha value is -3.51. The number of esters is 1. The quantitative estimate of drug-likeness (QED) is 0.0566. The SMILES string of the molecule is C=C(C)C(=O)OCCC(F)C(F)(F)SOC.C=C/C=C(\C=C)[S+](c1ccccc1)c1ccc(S(=O)(=O)c2ccccc2)cc1. The van der Waals surface area contributed by atoms with Gasteiger partial charge in [-0.3, -0.25) is 0 Å². The van der Waals surface area contributed by atoms with Crippen LogP contribution in [0.1, 0.15) is 13.3 Å². The third-order valence-electron chi connectivity index (χ3n) is 5.63. The molecule has 44 heavy (non-hydrogen) atoms. The molecular weight excluding hydrogens is 630 g/mol. The summed E-state index contributed by atoms with van der Waals surface area (Å²) >= 11 is -0.260. The number of ether oxygens (including phenoxy) is 1. The third kappa shape index (κ3) is 10.6. The van der Waals surface area contributed by atoms with Crippen molar-refractivity contribution in [3.63, 3.8) is 0 Å². The van der Waals surface area contributed by atoms with Gasteiger partial charge in [-0.2, -0.15) is 8.78 Å². The van der Waals surface area contributed by atoms with Crippen molar-refractivity contribution in [3.05, 3.63) is 133 Å². The minimum atomic E-state index is -3.65. The number of carbonyl (C=O) groups is 1. The van der Waals surface area contributed by atoms with Crippen molar-refractivity contribution in [2.45, 2.75) is 44.4 Å². The van der Waals surface area contributed by atoms with Crippen LogP contribution in [0.4, 0.5) is 13.2 Å². The van der Waals surface area contributed by atoms with Gasteiger partial charge in [0, 0.05) is 12.0 Å². The summed E-state index contributed by atoms with van der Waals surface area (Å²) in [5.41, 5.74) is 0.133. The van der Waals surface area contributed by atoms with Crippen molar-refractivity contribution in [2.24, 2.45) is 0 Å². The molecule has 2 unspecified atom stereocenters. The smallest absolute Gasteiger partial charge is 0.348 e. The van der Waals surface area contributed by atoms with E-state index in [4.69, 9.17) is 0 Å². The highest BCUT2D eigenvalue weighted by Gasteiger charge is 2.41. The fourth-order valence-corrected chi connectivity index (χ4v) is 7.28. The Balaban J connectivity index is 0.000000362. The predicted molar refractivity (Wildman–Crippen MR) is 172 cm³/mol. The number of rotatable bonds is 14. The lowest BCUT2D eigenvalue weighted by Crippen LogP contribution is -2.28. The Kier molecular flexibility index (Phi) is 14.8. The van der Waals surface area contributed by atoms with E-state index in [1.54, 1.807) is 48.5 Å². The summed E-state index contributed by atoms with van der Waals surface area (Å²) in [4.78, 5) is 14.6. The first kappa shape index (κ1) is 36.7. The largest absolute Gasteiger partial charge is 0.462 e. The van der Waals surface area contributed by atoms with E-state index in [2.05, 4.69) is 40.8 Å². The highest BCUT2D eigenvalue weighted by molar-refractivity contribution is 8.01. The van der Waals surface area contributed by atoms with Crippen LogP contribution in [0.5, 0.6) is 0 Å². The van der Waals surface area contributed by atoms with Crippen molar-refractivity contribution in [3.8, 4) is 0 Å². The van der Waals surface area contributed by atoms with E-state index >= 15 is 0 Å². The Morgan fingerprint density at radius 1 is 0.955 bits per heavy atom. The molecule has 0 bridgehead atoms. The Bertz CT molecular complexity index is 1530. The van der Waals surface area contributed by atoms with Crippen molar-refractivity contribution >= 4 is 38.7 Å². The molecular formula is C33H34F3O5S3+. The van der Waals surface area contributed by atoms with E-state index in [0.717, 1.165) is 21.8 Å². The lowest BCUT2D eigenvalue weighted by molar-refractivity contribution is -0.140. The maximum absolute atomic E-state index is 13.0. The number of carbonyl (C=O) groups excluding carboxylic acids is 1. The van der Waals surface area contributed by atoms with Crippen LogP contribution in [0, 0.1) is 0 Å². The standard InChI is InChI=1S/C24H21O2S2.C9H13F3O3S/c1-3-11-20(4-2)27(21-12-7-5-8-13-21)22-16-18-24(19-17-22)28(25,26)23-14-9-6-10-15-23;1-6(2)8(13)15-5-4-7(10)9(11,12)16-14-3/h3-19H,1-2H2;7H,1,4-5H2,2-3H3/q+1;/b20-11+;. The average molecular weight is 664 g/mol. The van der Waals surface area contributed by atoms with Crippen LogP contribution < -0.4 is 0 Å². The second-order valence-electron chi connectivity index (χ2n) is 8.90. The molecule has 2 atom stereocenters. The Labute approximate surface area is 264 Å². The van der Waals surface area contributed by atoms with Gasteiger partial charge in [0.25, 0.3) is 0 Å². The summed E-state index contributed by atoms with van der Waals surface area (Å²) in [6.07, 6.45) is 2.48. The lowest BCUT2D eigenvalue weighted by atomic mass is 10.3. The number of alkyl halides is 3. The normalized spacial score (nSPS) is 13.1. The summed E-state index contributed by atoms with van der Waals surface area (Å²) in [5.74, 6) is -0.727. The second kappa shape index (κ2) is 17.7. The number of hydrogen-bond donors (Lipinski definition) is 0. The minimum Gasteiger partial charge on any atom is -0.462 e. The van der Waals surface area contributed by atoms with Crippen molar-refractivity contribution < 1.29 is 35.3 Å². The predicted octanol–water partition coefficient (Wildman–Crippen LogP) is 8.53. The molecule has 0 aliphatic rings. The Morgan fingerprint density at radius 3 is 1.98 bits per heavy atom. The number of benzene rings is 3. The lowest BCUT2D eigenvalue weighted by Gasteiger charge is -2.18. The molecule has 11 heteroatoms. The monoisotopic (exact) mass is 663 g/mol. The minimum absolute atomic E-state index is 0.133. The summed E-state index contributed by atoms with van der Waals surface area (Å²) in [6.45, 7) is 12.0. The maximum atomic E-state index is 13.0. The number of allylic oxidation sites excluding steroid dienone is 3. The van der Waals surface area contributed by atoms with E-state index in [1.165, 1.54) is 6.92 Å². The van der Waals surface area contributed by atoms with Crippen molar-refractivity contribution in [1.29, 1.82) is 0 Å². The molecule has 0 fully saturated rings. The number of hydrogen-bond acceptors (Lipinski definition) is 6. The third-order valence-corrected chi connectivity index (χ3v) is 10.3. The molecule has 0 spiro atoms. The average Bonchev–Trinajstić information content (AvgIpc) is 3.02. The van der Waals surface area contributed by atoms with Gasteiger partial charge < -0.3 is 8.92 Å². The molecule has 5 nitrogen and oxygen atoms in total. The zero-order valence-corrected chi connectivity index (χ0v) is 26.8. The van der Waals surface area contributed by atoms with Gasteiger partial charge in [-0.15, -0.1) is 0 Å². The van der Waals surface area contributed by atoms with Gasteiger partial charge >= 0.3 is 11.2 Å². The number of halogens is 3. The molecule has 3 aromatic carbocycles. The summed E-state index contributed by atoms with van der Waals surface area (Å²) in [5, 5.41) is -3.65. The molecule has 0 aromatic heterocycles. The van der Waals surface area contributed by atoms with E-state index in [9.17, 15) is 26.4 Å². The fraction of sp³-hybridized carbons (Fsp3) is 0.182. The zero-order valence-electron chi connectivity index (χ0n) is 24.3. The molecule has 3 rings (SSSR count). The molecule has 234 valence electrons. The number of sulfone groups is 1. The Morgan fingerprint density at radius 2 is 1.48 bits per heavy atom. The van der Waals surface area contributed by atoms with Crippen LogP contribution >= 0.6 is 12.0 Å². The van der Waals surface area contributed by atoms with Crippen LogP contribution in [0.2, 0.25) is 0 Å². The van der Waals surface area contributed by atoms with Crippen molar-refractivity contribution in [1.82, 2.24) is 0 Å². The summed E-state index contributed by atoms with van der Waals surface area (Å²) in [6, 6.07) is 25.7. The van der Waals surface area contributed by atoms with Crippen LogP contribution in [-0.2, 0) is 34.4 Å². The molecule has 0 saturated heterocycles. The van der Waals surface area contributed by atoms with E-state index in [1.807, 2.05) is 42.5 Å². The van der Waals surface area contributed by atoms with E-state index in [-0.39, 0.29) is 22.5 Å².